The average Bonchev–Trinajstić information content (AvgIpc) is 2.56. The molecule has 0 heterocycles. The van der Waals surface area contributed by atoms with Gasteiger partial charge in [0.05, 0.1) is 18.8 Å². The highest BCUT2D eigenvalue weighted by Gasteiger charge is 2.06. The van der Waals surface area contributed by atoms with Crippen LogP contribution in [0.25, 0.3) is 0 Å². The highest BCUT2D eigenvalue weighted by Crippen LogP contribution is 2.07. The molecule has 3 heteroatoms. The number of hydrogen-bond donors (Lipinski definition) is 0. The molecule has 0 fully saturated rings. The van der Waals surface area contributed by atoms with Crippen molar-refractivity contribution in [1.29, 1.82) is 0 Å². The van der Waals surface area contributed by atoms with Crippen LogP contribution in [0.2, 0.25) is 0 Å². The number of allylic oxidation sites excluding steroid dienone is 1. The number of rotatable bonds is 7. The SMILES string of the molecule is C/C(=C/CCOCc1ccccc1)OC(=O)c1ccccc1. The maximum atomic E-state index is 11.8. The van der Waals surface area contributed by atoms with Crippen molar-refractivity contribution in [2.75, 3.05) is 6.61 Å². The van der Waals surface area contributed by atoms with E-state index in [2.05, 4.69) is 0 Å². The summed E-state index contributed by atoms with van der Waals surface area (Å²) in [4.78, 5) is 11.8. The third kappa shape index (κ3) is 5.54. The summed E-state index contributed by atoms with van der Waals surface area (Å²) in [5.41, 5.74) is 1.70. The molecule has 0 amide bonds. The smallest absolute Gasteiger partial charge is 0.343 e. The fourth-order valence-electron chi connectivity index (χ4n) is 1.93. The zero-order valence-electron chi connectivity index (χ0n) is 12.7. The molecule has 0 N–H and O–H groups in total. The van der Waals surface area contributed by atoms with Crippen LogP contribution in [-0.4, -0.2) is 12.6 Å². The summed E-state index contributed by atoms with van der Waals surface area (Å²) >= 11 is 0. The second-order valence-electron chi connectivity index (χ2n) is 4.90. The Bertz CT molecular complexity index is 603. The minimum Gasteiger partial charge on any atom is -0.428 e. The molecule has 0 aliphatic carbocycles. The standard InChI is InChI=1S/C19H20O3/c1-16(22-19(20)18-12-6-3-7-13-18)9-8-14-21-15-17-10-4-2-5-11-17/h2-7,9-13H,8,14-15H2,1H3/b16-9-. The van der Waals surface area contributed by atoms with E-state index in [9.17, 15) is 4.79 Å². The van der Waals surface area contributed by atoms with E-state index in [4.69, 9.17) is 9.47 Å². The predicted molar refractivity (Wildman–Crippen MR) is 86.3 cm³/mol. The van der Waals surface area contributed by atoms with Gasteiger partial charge in [-0.1, -0.05) is 48.5 Å². The summed E-state index contributed by atoms with van der Waals surface area (Å²) < 4.78 is 10.8. The second-order valence-corrected chi connectivity index (χ2v) is 4.90. The second kappa shape index (κ2) is 8.80. The van der Waals surface area contributed by atoms with Crippen molar-refractivity contribution in [3.63, 3.8) is 0 Å². The zero-order valence-corrected chi connectivity index (χ0v) is 12.7. The van der Waals surface area contributed by atoms with Crippen LogP contribution in [-0.2, 0) is 16.1 Å². The number of benzene rings is 2. The van der Waals surface area contributed by atoms with Crippen LogP contribution < -0.4 is 0 Å². The minimum absolute atomic E-state index is 0.334. The van der Waals surface area contributed by atoms with Gasteiger partial charge in [0.1, 0.15) is 5.76 Å². The molecule has 0 saturated heterocycles. The molecular weight excluding hydrogens is 276 g/mol. The number of carbonyl (C=O) groups excluding carboxylic acids is 1. The Morgan fingerprint density at radius 3 is 2.32 bits per heavy atom. The van der Waals surface area contributed by atoms with Crippen LogP contribution in [0.1, 0.15) is 29.3 Å². The van der Waals surface area contributed by atoms with Gasteiger partial charge < -0.3 is 9.47 Å². The molecule has 0 saturated carbocycles. The first-order valence-corrected chi connectivity index (χ1v) is 7.31. The molecular formula is C19H20O3. The van der Waals surface area contributed by atoms with Crippen LogP contribution in [0.3, 0.4) is 0 Å². The summed E-state index contributed by atoms with van der Waals surface area (Å²) in [5, 5.41) is 0. The first-order chi connectivity index (χ1) is 10.8. The number of carbonyl (C=O) groups is 1. The van der Waals surface area contributed by atoms with Crippen molar-refractivity contribution in [3.8, 4) is 0 Å². The van der Waals surface area contributed by atoms with E-state index in [0.717, 1.165) is 5.56 Å². The molecule has 2 rings (SSSR count). The molecule has 0 spiro atoms. The van der Waals surface area contributed by atoms with E-state index in [1.807, 2.05) is 54.6 Å². The summed E-state index contributed by atoms with van der Waals surface area (Å²) in [6.45, 7) is 2.96. The maximum Gasteiger partial charge on any atom is 0.343 e. The van der Waals surface area contributed by atoms with Gasteiger partial charge in [0.25, 0.3) is 0 Å². The Labute approximate surface area is 131 Å². The predicted octanol–water partition coefficient (Wildman–Crippen LogP) is 4.35. The molecule has 0 aromatic heterocycles. The van der Waals surface area contributed by atoms with Crippen molar-refractivity contribution in [2.45, 2.75) is 20.0 Å². The summed E-state index contributed by atoms with van der Waals surface area (Å²) in [5.74, 6) is 0.261. The zero-order chi connectivity index (χ0) is 15.6. The number of hydrogen-bond acceptors (Lipinski definition) is 3. The molecule has 0 aliphatic rings. The van der Waals surface area contributed by atoms with E-state index in [1.54, 1.807) is 19.1 Å². The van der Waals surface area contributed by atoms with Crippen LogP contribution in [0.15, 0.2) is 72.5 Å². The monoisotopic (exact) mass is 296 g/mol. The van der Waals surface area contributed by atoms with E-state index in [-0.39, 0.29) is 5.97 Å². The lowest BCUT2D eigenvalue weighted by Gasteiger charge is -2.05. The number of ether oxygens (including phenoxy) is 2. The largest absolute Gasteiger partial charge is 0.428 e. The molecule has 0 radical (unpaired) electrons. The molecule has 114 valence electrons. The Balaban J connectivity index is 1.68. The van der Waals surface area contributed by atoms with Gasteiger partial charge in [0.2, 0.25) is 0 Å². The topological polar surface area (TPSA) is 35.5 Å². The van der Waals surface area contributed by atoms with Gasteiger partial charge >= 0.3 is 5.97 Å². The van der Waals surface area contributed by atoms with Gasteiger partial charge in [-0.05, 0) is 37.1 Å². The molecule has 2 aromatic rings. The average molecular weight is 296 g/mol. The van der Waals surface area contributed by atoms with Gasteiger partial charge in [0.15, 0.2) is 0 Å². The third-order valence-corrected chi connectivity index (χ3v) is 3.07. The van der Waals surface area contributed by atoms with Crippen molar-refractivity contribution < 1.29 is 14.3 Å². The molecule has 0 unspecified atom stereocenters. The van der Waals surface area contributed by atoms with Gasteiger partial charge in [-0.3, -0.25) is 0 Å². The van der Waals surface area contributed by atoms with Crippen LogP contribution in [0, 0.1) is 0 Å². The maximum absolute atomic E-state index is 11.8. The Kier molecular flexibility index (Phi) is 6.39. The minimum atomic E-state index is -0.334. The molecule has 2 aromatic carbocycles. The van der Waals surface area contributed by atoms with Crippen LogP contribution >= 0.6 is 0 Å². The molecule has 22 heavy (non-hydrogen) atoms. The van der Waals surface area contributed by atoms with Crippen molar-refractivity contribution in [1.82, 2.24) is 0 Å². The van der Waals surface area contributed by atoms with E-state index in [0.29, 0.717) is 31.0 Å². The van der Waals surface area contributed by atoms with E-state index in [1.165, 1.54) is 0 Å². The number of esters is 1. The van der Waals surface area contributed by atoms with Gasteiger partial charge in [-0.15, -0.1) is 0 Å². The fourth-order valence-corrected chi connectivity index (χ4v) is 1.93. The Morgan fingerprint density at radius 2 is 1.64 bits per heavy atom. The lowest BCUT2D eigenvalue weighted by atomic mass is 10.2. The highest BCUT2D eigenvalue weighted by molar-refractivity contribution is 5.89. The Morgan fingerprint density at radius 1 is 1.00 bits per heavy atom. The molecule has 3 nitrogen and oxygen atoms in total. The first kappa shape index (κ1) is 16.0. The van der Waals surface area contributed by atoms with Gasteiger partial charge in [-0.25, -0.2) is 4.79 Å². The fraction of sp³-hybridized carbons (Fsp3) is 0.211. The van der Waals surface area contributed by atoms with Crippen LogP contribution in [0.4, 0.5) is 0 Å². The van der Waals surface area contributed by atoms with Gasteiger partial charge in [-0.2, -0.15) is 0 Å². The highest BCUT2D eigenvalue weighted by atomic mass is 16.5. The van der Waals surface area contributed by atoms with Crippen molar-refractivity contribution in [2.24, 2.45) is 0 Å². The quantitative estimate of drug-likeness (QED) is 0.433. The van der Waals surface area contributed by atoms with Crippen molar-refractivity contribution >= 4 is 5.97 Å². The summed E-state index contributed by atoms with van der Waals surface area (Å²) in [6, 6.07) is 19.0. The van der Waals surface area contributed by atoms with Crippen LogP contribution in [0.5, 0.6) is 0 Å². The first-order valence-electron chi connectivity index (χ1n) is 7.31. The summed E-state index contributed by atoms with van der Waals surface area (Å²) in [7, 11) is 0. The molecule has 0 aliphatic heterocycles. The lowest BCUT2D eigenvalue weighted by Crippen LogP contribution is -2.03. The van der Waals surface area contributed by atoms with Gasteiger partial charge in [0, 0.05) is 0 Å². The molecule has 0 bridgehead atoms. The molecule has 0 atom stereocenters. The van der Waals surface area contributed by atoms with Crippen molar-refractivity contribution in [3.05, 3.63) is 83.6 Å². The normalized spacial score (nSPS) is 11.2. The van der Waals surface area contributed by atoms with E-state index < -0.39 is 0 Å². The summed E-state index contributed by atoms with van der Waals surface area (Å²) in [6.07, 6.45) is 2.58. The Hall–Kier alpha value is -2.39. The third-order valence-electron chi connectivity index (χ3n) is 3.07. The van der Waals surface area contributed by atoms with E-state index >= 15 is 0 Å². The lowest BCUT2D eigenvalue weighted by molar-refractivity contribution is 0.0622.